The highest BCUT2D eigenvalue weighted by molar-refractivity contribution is 6.38. The summed E-state index contributed by atoms with van der Waals surface area (Å²) >= 11 is 0. The molecule has 3 rings (SSSR count). The van der Waals surface area contributed by atoms with Crippen molar-refractivity contribution >= 4 is 40.6 Å². The van der Waals surface area contributed by atoms with E-state index in [1.165, 1.54) is 24.1 Å². The lowest BCUT2D eigenvalue weighted by molar-refractivity contribution is -0.135. The lowest BCUT2D eigenvalue weighted by Crippen LogP contribution is -2.38. The van der Waals surface area contributed by atoms with Gasteiger partial charge in [0.1, 0.15) is 17.6 Å². The normalized spacial score (nSPS) is 15.4. The zero-order chi connectivity index (χ0) is 21.7. The van der Waals surface area contributed by atoms with Crippen molar-refractivity contribution in [2.45, 2.75) is 26.3 Å². The number of ether oxygens (including phenoxy) is 1. The molecule has 1 atom stereocenters. The Morgan fingerprint density at radius 3 is 2.57 bits per heavy atom. The van der Waals surface area contributed by atoms with Crippen molar-refractivity contribution in [3.63, 3.8) is 0 Å². The lowest BCUT2D eigenvalue weighted by Gasteiger charge is -2.22. The number of hydrogen-bond acceptors (Lipinski definition) is 6. The number of nitrogens with zero attached hydrogens (tertiary/aromatic N) is 2. The molecular formula is C21H21FN4O4. The lowest BCUT2D eigenvalue weighted by atomic mass is 10.1. The van der Waals surface area contributed by atoms with Gasteiger partial charge in [0.2, 0.25) is 11.8 Å². The van der Waals surface area contributed by atoms with Gasteiger partial charge >= 0.3 is 5.97 Å². The van der Waals surface area contributed by atoms with Crippen LogP contribution in [0, 0.1) is 5.82 Å². The predicted molar refractivity (Wildman–Crippen MR) is 111 cm³/mol. The molecule has 0 spiro atoms. The summed E-state index contributed by atoms with van der Waals surface area (Å²) in [7, 11) is 0. The molecule has 2 aromatic carbocycles. The van der Waals surface area contributed by atoms with E-state index in [-0.39, 0.29) is 24.4 Å². The molecule has 1 unspecified atom stereocenters. The molecule has 2 amide bonds. The summed E-state index contributed by atoms with van der Waals surface area (Å²) in [6.07, 6.45) is 0.0549. The molecule has 9 heteroatoms. The van der Waals surface area contributed by atoms with Gasteiger partial charge in [-0.2, -0.15) is 5.10 Å². The van der Waals surface area contributed by atoms with Gasteiger partial charge in [-0.1, -0.05) is 18.2 Å². The van der Waals surface area contributed by atoms with E-state index in [9.17, 15) is 18.8 Å². The Balaban J connectivity index is 1.83. The molecule has 156 valence electrons. The van der Waals surface area contributed by atoms with Crippen LogP contribution in [0.4, 0.5) is 21.5 Å². The smallest absolute Gasteiger partial charge is 0.354 e. The maximum atomic E-state index is 13.9. The number of amides is 2. The van der Waals surface area contributed by atoms with Gasteiger partial charge in [0.25, 0.3) is 0 Å². The molecule has 8 nitrogen and oxygen atoms in total. The van der Waals surface area contributed by atoms with Crippen molar-refractivity contribution in [1.82, 2.24) is 0 Å². The summed E-state index contributed by atoms with van der Waals surface area (Å²) in [5, 5.41) is 10.8. The Hall–Kier alpha value is -3.75. The van der Waals surface area contributed by atoms with E-state index >= 15 is 0 Å². The second kappa shape index (κ2) is 9.17. The van der Waals surface area contributed by atoms with E-state index in [1.807, 2.05) is 6.07 Å². The van der Waals surface area contributed by atoms with E-state index in [2.05, 4.69) is 15.7 Å². The fourth-order valence-electron chi connectivity index (χ4n) is 2.98. The number of para-hydroxylation sites is 1. The van der Waals surface area contributed by atoms with Crippen LogP contribution in [-0.4, -0.2) is 36.1 Å². The molecule has 0 fully saturated rings. The first-order chi connectivity index (χ1) is 14.4. The average Bonchev–Trinajstić information content (AvgIpc) is 3.17. The Bertz CT molecular complexity index is 994. The first kappa shape index (κ1) is 21.0. The van der Waals surface area contributed by atoms with Crippen LogP contribution in [0.3, 0.4) is 0 Å². The standard InChI is InChI=1S/C21H21FN4O4/c1-3-30-21(29)18-12-19(26(25-18)15-7-5-4-6-8-15)20(28)24-14-9-10-16(22)17(11-14)23-13(2)27/h4-11,19H,3,12H2,1-2H3,(H,23,27)(H,24,28). The van der Waals surface area contributed by atoms with Gasteiger partial charge in [0, 0.05) is 19.0 Å². The largest absolute Gasteiger partial charge is 0.461 e. The molecule has 0 aliphatic carbocycles. The van der Waals surface area contributed by atoms with Gasteiger partial charge in [-0.05, 0) is 37.3 Å². The highest BCUT2D eigenvalue weighted by atomic mass is 19.1. The van der Waals surface area contributed by atoms with Crippen molar-refractivity contribution in [3.05, 3.63) is 54.3 Å². The number of carbonyl (C=O) groups is 3. The minimum Gasteiger partial charge on any atom is -0.461 e. The number of halogens is 1. The van der Waals surface area contributed by atoms with Crippen LogP contribution in [0.5, 0.6) is 0 Å². The van der Waals surface area contributed by atoms with Crippen LogP contribution in [0.2, 0.25) is 0 Å². The second-order valence-corrected chi connectivity index (χ2v) is 6.53. The van der Waals surface area contributed by atoms with Gasteiger partial charge in [0.15, 0.2) is 0 Å². The van der Waals surface area contributed by atoms with E-state index in [0.717, 1.165) is 6.07 Å². The van der Waals surface area contributed by atoms with Gasteiger partial charge in [-0.15, -0.1) is 0 Å². The molecule has 30 heavy (non-hydrogen) atoms. The number of esters is 1. The molecule has 0 aromatic heterocycles. The van der Waals surface area contributed by atoms with Crippen LogP contribution in [0.25, 0.3) is 0 Å². The number of hydrogen-bond donors (Lipinski definition) is 2. The minimum absolute atomic E-state index is 0.0462. The summed E-state index contributed by atoms with van der Waals surface area (Å²) in [5.41, 5.74) is 1.02. The highest BCUT2D eigenvalue weighted by Crippen LogP contribution is 2.27. The summed E-state index contributed by atoms with van der Waals surface area (Å²) in [6.45, 7) is 3.14. The summed E-state index contributed by atoms with van der Waals surface area (Å²) < 4.78 is 18.9. The third-order valence-electron chi connectivity index (χ3n) is 4.29. The molecular weight excluding hydrogens is 391 g/mol. The fourth-order valence-corrected chi connectivity index (χ4v) is 2.98. The highest BCUT2D eigenvalue weighted by Gasteiger charge is 2.37. The molecule has 0 bridgehead atoms. The topological polar surface area (TPSA) is 100 Å². The van der Waals surface area contributed by atoms with Crippen molar-refractivity contribution in [3.8, 4) is 0 Å². The third-order valence-corrected chi connectivity index (χ3v) is 4.29. The maximum Gasteiger partial charge on any atom is 0.354 e. The number of rotatable bonds is 6. The first-order valence-electron chi connectivity index (χ1n) is 9.36. The fraction of sp³-hybridized carbons (Fsp3) is 0.238. The van der Waals surface area contributed by atoms with E-state index in [4.69, 9.17) is 4.74 Å². The van der Waals surface area contributed by atoms with Crippen molar-refractivity contribution in [1.29, 1.82) is 0 Å². The van der Waals surface area contributed by atoms with E-state index in [1.54, 1.807) is 31.2 Å². The average molecular weight is 412 g/mol. The Kier molecular flexibility index (Phi) is 6.41. The summed E-state index contributed by atoms with van der Waals surface area (Å²) in [5.74, 6) is -2.08. The molecule has 1 heterocycles. The molecule has 0 saturated carbocycles. The van der Waals surface area contributed by atoms with Crippen LogP contribution >= 0.6 is 0 Å². The summed E-state index contributed by atoms with van der Waals surface area (Å²) in [4.78, 5) is 36.4. The third kappa shape index (κ3) is 4.80. The van der Waals surface area contributed by atoms with Gasteiger partial charge < -0.3 is 15.4 Å². The minimum atomic E-state index is -0.805. The number of carbonyl (C=O) groups excluding carboxylic acids is 3. The Morgan fingerprint density at radius 1 is 1.17 bits per heavy atom. The monoisotopic (exact) mass is 412 g/mol. The number of anilines is 3. The van der Waals surface area contributed by atoms with Gasteiger partial charge in [0.05, 0.1) is 18.0 Å². The zero-order valence-electron chi connectivity index (χ0n) is 16.5. The molecule has 2 aromatic rings. The van der Waals surface area contributed by atoms with Crippen molar-refractivity contribution in [2.24, 2.45) is 5.10 Å². The van der Waals surface area contributed by atoms with Crippen LogP contribution < -0.4 is 15.6 Å². The van der Waals surface area contributed by atoms with Crippen molar-refractivity contribution < 1.29 is 23.5 Å². The number of benzene rings is 2. The molecule has 0 radical (unpaired) electrons. The SMILES string of the molecule is CCOC(=O)C1=NN(c2ccccc2)C(C(=O)Nc2ccc(F)c(NC(C)=O)c2)C1. The molecule has 1 aliphatic heterocycles. The zero-order valence-corrected chi connectivity index (χ0v) is 16.5. The van der Waals surface area contributed by atoms with E-state index < -0.39 is 29.6 Å². The maximum absolute atomic E-state index is 13.9. The Labute approximate surface area is 172 Å². The van der Waals surface area contributed by atoms with Crippen LogP contribution in [0.15, 0.2) is 53.6 Å². The number of hydrazone groups is 1. The summed E-state index contributed by atoms with van der Waals surface area (Å²) in [6, 6.07) is 12.0. The first-order valence-corrected chi connectivity index (χ1v) is 9.36. The van der Waals surface area contributed by atoms with Gasteiger partial charge in [-0.25, -0.2) is 9.18 Å². The second-order valence-electron chi connectivity index (χ2n) is 6.53. The number of nitrogens with one attached hydrogen (secondary N) is 2. The van der Waals surface area contributed by atoms with Crippen molar-refractivity contribution in [2.75, 3.05) is 22.2 Å². The van der Waals surface area contributed by atoms with E-state index in [0.29, 0.717) is 11.4 Å². The predicted octanol–water partition coefficient (Wildman–Crippen LogP) is 2.92. The molecule has 2 N–H and O–H groups in total. The van der Waals surface area contributed by atoms with Crippen LogP contribution in [0.1, 0.15) is 20.3 Å². The quantitative estimate of drug-likeness (QED) is 0.711. The molecule has 0 saturated heterocycles. The van der Waals surface area contributed by atoms with Gasteiger partial charge in [-0.3, -0.25) is 14.6 Å². The Morgan fingerprint density at radius 2 is 1.90 bits per heavy atom. The van der Waals surface area contributed by atoms with Crippen LogP contribution in [-0.2, 0) is 19.1 Å². The molecule has 1 aliphatic rings.